The van der Waals surface area contributed by atoms with Crippen LogP contribution in [-0.4, -0.2) is 0 Å². The Bertz CT molecular complexity index is 823. The van der Waals surface area contributed by atoms with E-state index in [1.807, 2.05) is 36.4 Å². The van der Waals surface area contributed by atoms with Gasteiger partial charge in [0, 0.05) is 0 Å². The normalized spacial score (nSPS) is 11.2. The van der Waals surface area contributed by atoms with Crippen LogP contribution in [0.2, 0.25) is 0 Å². The third-order valence-corrected chi connectivity index (χ3v) is 5.16. The molecule has 0 N–H and O–H groups in total. The van der Waals surface area contributed by atoms with E-state index < -0.39 is 0 Å². The molecule has 3 nitrogen and oxygen atoms in total. The van der Waals surface area contributed by atoms with Crippen molar-refractivity contribution < 1.29 is 56.2 Å². The minimum absolute atomic E-state index is 0. The third kappa shape index (κ3) is 12.2. The zero-order chi connectivity index (χ0) is 25.4. The fourth-order valence-corrected chi connectivity index (χ4v) is 2.86. The predicted molar refractivity (Wildman–Crippen MR) is 134 cm³/mol. The molecule has 0 amide bonds. The summed E-state index contributed by atoms with van der Waals surface area (Å²) in [5, 5.41) is 32.2. The first-order valence-electron chi connectivity index (χ1n) is 11.3. The van der Waals surface area contributed by atoms with Crippen molar-refractivity contribution in [3.63, 3.8) is 0 Å². The van der Waals surface area contributed by atoms with Gasteiger partial charge in [-0.1, -0.05) is 135 Å². The topological polar surface area (TPSA) is 69.2 Å². The molecule has 3 rings (SSSR count). The molecular formula is C30H39NdO3. The minimum Gasteiger partial charge on any atom is -0.872 e. The summed E-state index contributed by atoms with van der Waals surface area (Å²) in [6.45, 7) is 19.2. The summed E-state index contributed by atoms with van der Waals surface area (Å²) >= 11 is 0. The van der Waals surface area contributed by atoms with Gasteiger partial charge in [0.25, 0.3) is 0 Å². The van der Waals surface area contributed by atoms with Gasteiger partial charge in [-0.05, 0) is 32.9 Å². The van der Waals surface area contributed by atoms with Crippen molar-refractivity contribution in [3.8, 4) is 17.2 Å². The van der Waals surface area contributed by atoms with E-state index in [-0.39, 0.29) is 74.3 Å². The van der Waals surface area contributed by atoms with E-state index in [0.717, 1.165) is 0 Å². The average molecular weight is 592 g/mol. The molecule has 0 aliphatic rings. The molecule has 0 unspecified atom stereocenters. The third-order valence-electron chi connectivity index (χ3n) is 5.16. The predicted octanol–water partition coefficient (Wildman–Crippen LogP) is 6.17. The molecule has 3 aromatic carbocycles. The van der Waals surface area contributed by atoms with E-state index >= 15 is 0 Å². The number of hydrogen-bond donors (Lipinski definition) is 0. The summed E-state index contributed by atoms with van der Waals surface area (Å²) in [5.74, 6) is 0.244. The molecule has 1 radical (unpaired) electrons. The summed E-state index contributed by atoms with van der Waals surface area (Å²) in [6.07, 6.45) is 0. The van der Waals surface area contributed by atoms with Crippen molar-refractivity contribution in [1.29, 1.82) is 0 Å². The minimum atomic E-state index is 0. The second kappa shape index (κ2) is 13.5. The summed E-state index contributed by atoms with van der Waals surface area (Å²) in [4.78, 5) is 0. The van der Waals surface area contributed by atoms with Gasteiger partial charge in [-0.3, -0.25) is 0 Å². The van der Waals surface area contributed by atoms with Crippen LogP contribution < -0.4 is 15.3 Å². The summed E-state index contributed by atoms with van der Waals surface area (Å²) in [5.41, 5.74) is 4.06. The van der Waals surface area contributed by atoms with Crippen LogP contribution in [0.3, 0.4) is 0 Å². The molecular weight excluding hydrogens is 553 g/mol. The Kier molecular flexibility index (Phi) is 12.9. The Balaban J connectivity index is 0.000000473. The van der Waals surface area contributed by atoms with Gasteiger partial charge >= 0.3 is 40.8 Å². The van der Waals surface area contributed by atoms with Crippen LogP contribution >= 0.6 is 0 Å². The number of rotatable bonds is 0. The molecule has 0 saturated heterocycles. The molecule has 0 aromatic heterocycles. The Morgan fingerprint density at radius 2 is 0.500 bits per heavy atom. The maximum Gasteiger partial charge on any atom is 3.00 e. The Morgan fingerprint density at radius 3 is 0.618 bits per heavy atom. The summed E-state index contributed by atoms with van der Waals surface area (Å²) < 4.78 is 0. The van der Waals surface area contributed by atoms with Crippen molar-refractivity contribution in [2.45, 2.75) is 78.6 Å². The van der Waals surface area contributed by atoms with Crippen LogP contribution in [0.5, 0.6) is 17.2 Å². The maximum atomic E-state index is 10.7. The zero-order valence-electron chi connectivity index (χ0n) is 22.2. The molecule has 0 atom stereocenters. The second-order valence-electron chi connectivity index (χ2n) is 11.3. The second-order valence-corrected chi connectivity index (χ2v) is 11.3. The van der Waals surface area contributed by atoms with Crippen molar-refractivity contribution in [1.82, 2.24) is 0 Å². The van der Waals surface area contributed by atoms with E-state index in [4.69, 9.17) is 0 Å². The van der Waals surface area contributed by atoms with Crippen LogP contribution in [0.25, 0.3) is 0 Å². The van der Waals surface area contributed by atoms with E-state index in [1.165, 1.54) is 16.7 Å². The van der Waals surface area contributed by atoms with Crippen molar-refractivity contribution >= 4 is 0 Å². The molecule has 0 aliphatic carbocycles. The van der Waals surface area contributed by atoms with Crippen LogP contribution in [0.15, 0.2) is 72.8 Å². The molecule has 0 bridgehead atoms. The first-order chi connectivity index (χ1) is 15.0. The van der Waals surface area contributed by atoms with Crippen molar-refractivity contribution in [2.75, 3.05) is 0 Å². The number of hydrogen-bond acceptors (Lipinski definition) is 3. The fraction of sp³-hybridized carbons (Fsp3) is 0.400. The summed E-state index contributed by atoms with van der Waals surface area (Å²) in [6, 6.07) is 21.0. The molecule has 0 saturated carbocycles. The Hall–Kier alpha value is -1.59. The van der Waals surface area contributed by atoms with E-state index in [9.17, 15) is 15.3 Å². The SMILES string of the molecule is CC(C)(C)c1ccc([O-])cc1.CC(C)(C)c1ccc([O-])cc1.CC(C)(C)c1ccc([O-])cc1.[Nd+3]. The van der Waals surface area contributed by atoms with Crippen LogP contribution in [-0.2, 0) is 16.2 Å². The van der Waals surface area contributed by atoms with Gasteiger partial charge in [0.05, 0.1) is 0 Å². The molecule has 181 valence electrons. The van der Waals surface area contributed by atoms with Gasteiger partial charge in [-0.25, -0.2) is 0 Å². The van der Waals surface area contributed by atoms with E-state index in [0.29, 0.717) is 0 Å². The quantitative estimate of drug-likeness (QED) is 0.314. The fourth-order valence-electron chi connectivity index (χ4n) is 2.86. The van der Waals surface area contributed by atoms with Crippen LogP contribution in [0, 0.1) is 40.8 Å². The van der Waals surface area contributed by atoms with Gasteiger partial charge in [0.2, 0.25) is 0 Å². The first kappa shape index (κ1) is 32.4. The molecule has 0 aliphatic heterocycles. The Morgan fingerprint density at radius 1 is 0.353 bits per heavy atom. The van der Waals surface area contributed by atoms with E-state index in [2.05, 4.69) is 62.3 Å². The van der Waals surface area contributed by atoms with Gasteiger partial charge in [-0.2, -0.15) is 0 Å². The largest absolute Gasteiger partial charge is 3.00 e. The molecule has 34 heavy (non-hydrogen) atoms. The Labute approximate surface area is 239 Å². The van der Waals surface area contributed by atoms with Crippen molar-refractivity contribution in [3.05, 3.63) is 89.5 Å². The van der Waals surface area contributed by atoms with E-state index in [1.54, 1.807) is 36.4 Å². The van der Waals surface area contributed by atoms with Gasteiger partial charge in [0.1, 0.15) is 0 Å². The summed E-state index contributed by atoms with van der Waals surface area (Å²) in [7, 11) is 0. The monoisotopic (exact) mass is 589 g/mol. The van der Waals surface area contributed by atoms with Gasteiger partial charge < -0.3 is 15.3 Å². The zero-order valence-corrected chi connectivity index (χ0v) is 25.4. The number of benzene rings is 3. The molecule has 0 heterocycles. The first-order valence-corrected chi connectivity index (χ1v) is 11.3. The van der Waals surface area contributed by atoms with Gasteiger partial charge in [-0.15, -0.1) is 17.2 Å². The molecule has 4 heteroatoms. The smallest absolute Gasteiger partial charge is 0.872 e. The molecule has 0 spiro atoms. The average Bonchev–Trinajstić information content (AvgIpc) is 2.68. The standard InChI is InChI=1S/3C10H14O.Nd/c3*1-10(2,3)8-4-6-9(11)7-5-8;/h3*4-7,11H,1-3H3;/q;;;+3/p-3. The molecule has 0 fully saturated rings. The molecule has 3 aromatic rings. The van der Waals surface area contributed by atoms with Crippen molar-refractivity contribution in [2.24, 2.45) is 0 Å². The van der Waals surface area contributed by atoms with Crippen LogP contribution in [0.4, 0.5) is 0 Å². The maximum absolute atomic E-state index is 10.7. The van der Waals surface area contributed by atoms with Crippen LogP contribution in [0.1, 0.15) is 79.0 Å². The van der Waals surface area contributed by atoms with Gasteiger partial charge in [0.15, 0.2) is 0 Å².